The predicted octanol–water partition coefficient (Wildman–Crippen LogP) is 4.83. The summed E-state index contributed by atoms with van der Waals surface area (Å²) in [5, 5.41) is 10.2. The van der Waals surface area contributed by atoms with Crippen LogP contribution in [-0.2, 0) is 0 Å². The fraction of sp³-hybridized carbons (Fsp3) is 0.357. The molecule has 0 amide bonds. The Balaban J connectivity index is 1.17. The summed E-state index contributed by atoms with van der Waals surface area (Å²) in [5.74, 6) is 1.43. The molecule has 2 aliphatic rings. The third-order valence-corrected chi connectivity index (χ3v) is 8.82. The Hall–Kier alpha value is -2.91. The number of aliphatic hydroxyl groups excluding tert-OH is 1. The molecule has 1 fully saturated rings. The molecule has 9 heteroatoms. The van der Waals surface area contributed by atoms with Crippen molar-refractivity contribution in [1.82, 2.24) is 14.5 Å². The molecule has 1 unspecified atom stereocenters. The lowest BCUT2D eigenvalue weighted by Crippen LogP contribution is -2.33. The highest BCUT2D eigenvalue weighted by atomic mass is 35.5. The van der Waals surface area contributed by atoms with Crippen LogP contribution < -0.4 is 15.0 Å². The van der Waals surface area contributed by atoms with Crippen LogP contribution in [0, 0.1) is 0 Å². The Morgan fingerprint density at radius 3 is 2.81 bits per heavy atom. The van der Waals surface area contributed by atoms with Gasteiger partial charge in [0.2, 0.25) is 0 Å². The Labute approximate surface area is 223 Å². The van der Waals surface area contributed by atoms with Crippen LogP contribution in [0.3, 0.4) is 0 Å². The van der Waals surface area contributed by atoms with E-state index in [0.717, 1.165) is 43.4 Å². The molecule has 1 aliphatic heterocycles. The number of nitrogens with zero attached hydrogens (tertiary/aromatic N) is 3. The molecule has 0 bridgehead atoms. The minimum Gasteiger partial charge on any atom is -0.493 e. The van der Waals surface area contributed by atoms with Gasteiger partial charge in [0.25, 0.3) is 5.56 Å². The van der Waals surface area contributed by atoms with Gasteiger partial charge in [-0.05, 0) is 55.6 Å². The molecule has 2 atom stereocenters. The second-order valence-corrected chi connectivity index (χ2v) is 11.0. The van der Waals surface area contributed by atoms with Crippen LogP contribution >= 0.6 is 22.9 Å². The SMILES string of the molecule is COc1cc(-n2cnc3c4c(sc3c2=O)C4c2ccc(Cl)cc2)ccc1OCCCN1CCC[C@H]1CO. The topological polar surface area (TPSA) is 76.8 Å². The van der Waals surface area contributed by atoms with E-state index in [1.165, 1.54) is 21.8 Å². The first-order valence-corrected chi connectivity index (χ1v) is 13.7. The first-order valence-electron chi connectivity index (χ1n) is 12.5. The minimum atomic E-state index is -0.0863. The molecule has 0 spiro atoms. The Morgan fingerprint density at radius 1 is 1.19 bits per heavy atom. The minimum absolute atomic E-state index is 0.0863. The van der Waals surface area contributed by atoms with Crippen LogP contribution in [-0.4, -0.2) is 59.0 Å². The van der Waals surface area contributed by atoms with E-state index in [4.69, 9.17) is 21.1 Å². The lowest BCUT2D eigenvalue weighted by atomic mass is 10.1. The quantitative estimate of drug-likeness (QED) is 0.271. The number of thiophene rings is 1. The average Bonchev–Trinajstić information content (AvgIpc) is 3.23. The number of likely N-dealkylation sites (tertiary alicyclic amines) is 1. The number of hydrogen-bond donors (Lipinski definition) is 1. The zero-order valence-electron chi connectivity index (χ0n) is 20.5. The van der Waals surface area contributed by atoms with Crippen molar-refractivity contribution in [2.45, 2.75) is 31.2 Å². The molecule has 2 aromatic heterocycles. The van der Waals surface area contributed by atoms with Gasteiger partial charge >= 0.3 is 0 Å². The first kappa shape index (κ1) is 24.4. The van der Waals surface area contributed by atoms with Crippen molar-refractivity contribution in [2.24, 2.45) is 0 Å². The van der Waals surface area contributed by atoms with Crippen molar-refractivity contribution < 1.29 is 14.6 Å². The molecule has 2 aromatic carbocycles. The molecular formula is C28H28ClN3O4S. The summed E-state index contributed by atoms with van der Waals surface area (Å²) in [4.78, 5) is 21.5. The van der Waals surface area contributed by atoms with Crippen LogP contribution in [0.25, 0.3) is 15.9 Å². The molecule has 3 heterocycles. The molecular weight excluding hydrogens is 510 g/mol. The maximum Gasteiger partial charge on any atom is 0.275 e. The maximum atomic E-state index is 13.4. The van der Waals surface area contributed by atoms with E-state index in [0.29, 0.717) is 33.5 Å². The van der Waals surface area contributed by atoms with Crippen molar-refractivity contribution in [2.75, 3.05) is 33.4 Å². The van der Waals surface area contributed by atoms with E-state index in [1.807, 2.05) is 42.5 Å². The van der Waals surface area contributed by atoms with Gasteiger partial charge in [-0.1, -0.05) is 23.7 Å². The van der Waals surface area contributed by atoms with Gasteiger partial charge in [0.1, 0.15) is 11.0 Å². The van der Waals surface area contributed by atoms with E-state index >= 15 is 0 Å². The highest BCUT2D eigenvalue weighted by Crippen LogP contribution is 2.56. The van der Waals surface area contributed by atoms with Crippen molar-refractivity contribution >= 4 is 33.2 Å². The molecule has 37 heavy (non-hydrogen) atoms. The monoisotopic (exact) mass is 537 g/mol. The number of halogens is 1. The average molecular weight is 538 g/mol. The number of methoxy groups -OCH3 is 1. The third-order valence-electron chi connectivity index (χ3n) is 7.32. The molecule has 4 aromatic rings. The number of aromatic nitrogens is 2. The van der Waals surface area contributed by atoms with Crippen molar-refractivity contribution in [3.63, 3.8) is 0 Å². The largest absolute Gasteiger partial charge is 0.493 e. The lowest BCUT2D eigenvalue weighted by Gasteiger charge is -2.22. The number of rotatable bonds is 9. The molecule has 192 valence electrons. The van der Waals surface area contributed by atoms with E-state index < -0.39 is 0 Å². The molecule has 1 N–H and O–H groups in total. The number of aliphatic hydroxyl groups is 1. The molecule has 1 aliphatic carbocycles. The molecule has 0 radical (unpaired) electrons. The summed E-state index contributed by atoms with van der Waals surface area (Å²) >= 11 is 7.55. The number of benzene rings is 2. The molecule has 1 saturated heterocycles. The van der Waals surface area contributed by atoms with Crippen molar-refractivity contribution in [3.05, 3.63) is 80.2 Å². The Bertz CT molecular complexity index is 1500. The zero-order chi connectivity index (χ0) is 25.5. The van der Waals surface area contributed by atoms with Crippen LogP contribution in [0.2, 0.25) is 5.02 Å². The Kier molecular flexibility index (Phi) is 6.67. The van der Waals surface area contributed by atoms with Gasteiger partial charge in [-0.2, -0.15) is 0 Å². The number of fused-ring (bicyclic) bond motifs is 3. The fourth-order valence-electron chi connectivity index (χ4n) is 5.33. The highest BCUT2D eigenvalue weighted by Gasteiger charge is 2.40. The van der Waals surface area contributed by atoms with Crippen LogP contribution in [0.1, 0.15) is 41.2 Å². The van der Waals surface area contributed by atoms with E-state index in [1.54, 1.807) is 18.0 Å². The van der Waals surface area contributed by atoms with Crippen LogP contribution in [0.5, 0.6) is 11.5 Å². The zero-order valence-corrected chi connectivity index (χ0v) is 22.1. The predicted molar refractivity (Wildman–Crippen MR) is 146 cm³/mol. The van der Waals surface area contributed by atoms with E-state index in [9.17, 15) is 9.90 Å². The van der Waals surface area contributed by atoms with Gasteiger partial charge in [0.05, 0.1) is 31.5 Å². The second-order valence-electron chi connectivity index (χ2n) is 9.51. The Morgan fingerprint density at radius 2 is 2.03 bits per heavy atom. The van der Waals surface area contributed by atoms with Gasteiger partial charge in [-0.25, -0.2) is 4.98 Å². The van der Waals surface area contributed by atoms with Crippen molar-refractivity contribution in [3.8, 4) is 17.2 Å². The highest BCUT2D eigenvalue weighted by molar-refractivity contribution is 7.20. The smallest absolute Gasteiger partial charge is 0.275 e. The van der Waals surface area contributed by atoms with E-state index in [2.05, 4.69) is 9.88 Å². The number of ether oxygens (including phenoxy) is 2. The van der Waals surface area contributed by atoms with E-state index in [-0.39, 0.29) is 24.1 Å². The normalized spacial score (nSPS) is 18.8. The van der Waals surface area contributed by atoms with Gasteiger partial charge in [-0.15, -0.1) is 11.3 Å². The lowest BCUT2D eigenvalue weighted by molar-refractivity contribution is 0.150. The third kappa shape index (κ3) is 4.52. The van der Waals surface area contributed by atoms with Crippen LogP contribution in [0.15, 0.2) is 53.6 Å². The number of hydrogen-bond acceptors (Lipinski definition) is 7. The second kappa shape index (κ2) is 10.1. The van der Waals surface area contributed by atoms with Gasteiger partial charge in [-0.3, -0.25) is 14.3 Å². The molecule has 7 nitrogen and oxygen atoms in total. The standard InChI is InChI=1S/C28H28ClN3O4S/c1-35-22-14-19(9-10-21(22)36-13-3-12-31-11-2-4-20(31)15-33)32-16-30-25-24-23(17-5-7-18(29)8-6-17)26(24)37-27(25)28(32)34/h5-10,14,16,20,23,33H,2-4,11-13,15H2,1H3/t20-,23?/m0/s1. The summed E-state index contributed by atoms with van der Waals surface area (Å²) < 4.78 is 13.8. The summed E-state index contributed by atoms with van der Waals surface area (Å²) in [6.07, 6.45) is 4.65. The molecule has 6 rings (SSSR count). The molecule has 0 saturated carbocycles. The summed E-state index contributed by atoms with van der Waals surface area (Å²) in [6, 6.07) is 13.6. The first-order chi connectivity index (χ1) is 18.1. The summed E-state index contributed by atoms with van der Waals surface area (Å²) in [5.41, 5.74) is 3.70. The summed E-state index contributed by atoms with van der Waals surface area (Å²) in [6.45, 7) is 2.70. The van der Waals surface area contributed by atoms with Gasteiger partial charge in [0, 0.05) is 40.0 Å². The van der Waals surface area contributed by atoms with Crippen LogP contribution in [0.4, 0.5) is 0 Å². The maximum absolute atomic E-state index is 13.4. The fourth-order valence-corrected chi connectivity index (χ4v) is 6.76. The van der Waals surface area contributed by atoms with Gasteiger partial charge in [0.15, 0.2) is 11.5 Å². The summed E-state index contributed by atoms with van der Waals surface area (Å²) in [7, 11) is 1.60. The van der Waals surface area contributed by atoms with Gasteiger partial charge < -0.3 is 14.6 Å². The van der Waals surface area contributed by atoms with Crippen molar-refractivity contribution in [1.29, 1.82) is 0 Å².